The second-order valence-electron chi connectivity index (χ2n) is 4.34. The summed E-state index contributed by atoms with van der Waals surface area (Å²) in [5, 5.41) is 0. The molecule has 1 unspecified atom stereocenters. The maximum Gasteiger partial charge on any atom is 0.222 e. The molecule has 14 heavy (non-hydrogen) atoms. The quantitative estimate of drug-likeness (QED) is 0.744. The zero-order chi connectivity index (χ0) is 10.4. The summed E-state index contributed by atoms with van der Waals surface area (Å²) in [5.74, 6) is 0.753. The Balaban J connectivity index is 2.41. The fraction of sp³-hybridized carbons (Fsp3) is 0.909. The molecule has 1 fully saturated rings. The number of hydrogen-bond donors (Lipinski definition) is 1. The number of carbonyl (C=O) groups is 1. The Bertz CT molecular complexity index is 182. The van der Waals surface area contributed by atoms with Crippen LogP contribution in [0.2, 0.25) is 0 Å². The summed E-state index contributed by atoms with van der Waals surface area (Å²) in [6, 6.07) is 0. The number of nitrogens with zero attached hydrogens (tertiary/aromatic N) is 1. The van der Waals surface area contributed by atoms with Gasteiger partial charge >= 0.3 is 0 Å². The van der Waals surface area contributed by atoms with Gasteiger partial charge in [0.2, 0.25) is 5.91 Å². The first kappa shape index (κ1) is 11.5. The number of amides is 1. The van der Waals surface area contributed by atoms with Crippen LogP contribution in [0.25, 0.3) is 0 Å². The molecule has 1 aliphatic heterocycles. The Morgan fingerprint density at radius 1 is 1.36 bits per heavy atom. The van der Waals surface area contributed by atoms with E-state index in [4.69, 9.17) is 5.73 Å². The van der Waals surface area contributed by atoms with Crippen molar-refractivity contribution in [3.63, 3.8) is 0 Å². The first-order valence-electron chi connectivity index (χ1n) is 5.72. The molecule has 0 aliphatic carbocycles. The van der Waals surface area contributed by atoms with Gasteiger partial charge < -0.3 is 10.6 Å². The Labute approximate surface area is 86.6 Å². The van der Waals surface area contributed by atoms with Crippen molar-refractivity contribution in [1.29, 1.82) is 0 Å². The Kier molecular flexibility index (Phi) is 4.94. The van der Waals surface area contributed by atoms with E-state index in [9.17, 15) is 4.79 Å². The highest BCUT2D eigenvalue weighted by Gasteiger charge is 2.16. The highest BCUT2D eigenvalue weighted by atomic mass is 16.2. The third kappa shape index (κ3) is 3.66. The maximum absolute atomic E-state index is 11.7. The predicted molar refractivity (Wildman–Crippen MR) is 57.9 cm³/mol. The van der Waals surface area contributed by atoms with Crippen LogP contribution in [-0.2, 0) is 4.79 Å². The monoisotopic (exact) mass is 198 g/mol. The van der Waals surface area contributed by atoms with Crippen LogP contribution < -0.4 is 5.73 Å². The number of nitrogens with two attached hydrogens (primary N) is 1. The fourth-order valence-corrected chi connectivity index (χ4v) is 1.86. The van der Waals surface area contributed by atoms with Crippen LogP contribution in [0.1, 0.15) is 39.0 Å². The third-order valence-corrected chi connectivity index (χ3v) is 2.86. The molecule has 1 amide bonds. The second kappa shape index (κ2) is 6.02. The van der Waals surface area contributed by atoms with Crippen molar-refractivity contribution in [1.82, 2.24) is 4.90 Å². The third-order valence-electron chi connectivity index (χ3n) is 2.86. The van der Waals surface area contributed by atoms with Gasteiger partial charge in [0.05, 0.1) is 0 Å². The van der Waals surface area contributed by atoms with Gasteiger partial charge in [-0.05, 0) is 25.3 Å². The first-order chi connectivity index (χ1) is 6.74. The van der Waals surface area contributed by atoms with E-state index >= 15 is 0 Å². The van der Waals surface area contributed by atoms with Crippen LogP contribution in [0, 0.1) is 5.92 Å². The fourth-order valence-electron chi connectivity index (χ4n) is 1.86. The largest absolute Gasteiger partial charge is 0.342 e. The lowest BCUT2D eigenvalue weighted by atomic mass is 10.1. The average molecular weight is 198 g/mol. The van der Waals surface area contributed by atoms with Gasteiger partial charge in [0.1, 0.15) is 0 Å². The van der Waals surface area contributed by atoms with Crippen LogP contribution in [0.3, 0.4) is 0 Å². The van der Waals surface area contributed by atoms with Crippen LogP contribution in [0.15, 0.2) is 0 Å². The molecule has 0 bridgehead atoms. The van der Waals surface area contributed by atoms with Crippen molar-refractivity contribution in [3.05, 3.63) is 0 Å². The molecule has 1 atom stereocenters. The first-order valence-corrected chi connectivity index (χ1v) is 5.72. The van der Waals surface area contributed by atoms with E-state index in [1.165, 1.54) is 12.8 Å². The van der Waals surface area contributed by atoms with Crippen LogP contribution in [-0.4, -0.2) is 30.4 Å². The Morgan fingerprint density at radius 2 is 2.07 bits per heavy atom. The van der Waals surface area contributed by atoms with Crippen LogP contribution >= 0.6 is 0 Å². The minimum Gasteiger partial charge on any atom is -0.342 e. The molecule has 2 N–H and O–H groups in total. The van der Waals surface area contributed by atoms with Gasteiger partial charge in [-0.1, -0.05) is 19.8 Å². The molecular weight excluding hydrogens is 176 g/mol. The molecule has 1 heterocycles. The smallest absolute Gasteiger partial charge is 0.222 e. The van der Waals surface area contributed by atoms with E-state index in [1.54, 1.807) is 0 Å². The number of likely N-dealkylation sites (tertiary alicyclic amines) is 1. The lowest BCUT2D eigenvalue weighted by Crippen LogP contribution is -2.37. The van der Waals surface area contributed by atoms with Gasteiger partial charge in [-0.2, -0.15) is 0 Å². The molecule has 82 valence electrons. The summed E-state index contributed by atoms with van der Waals surface area (Å²) in [5.41, 5.74) is 5.57. The molecule has 0 aromatic carbocycles. The van der Waals surface area contributed by atoms with Crippen LogP contribution in [0.4, 0.5) is 0 Å². The SMILES string of the molecule is CC(CN)CN1CCCCCCC1=O. The van der Waals surface area contributed by atoms with Gasteiger partial charge in [0.25, 0.3) is 0 Å². The minimum absolute atomic E-state index is 0.324. The highest BCUT2D eigenvalue weighted by Crippen LogP contribution is 2.12. The molecule has 1 rings (SSSR count). The molecule has 0 spiro atoms. The van der Waals surface area contributed by atoms with Gasteiger partial charge in [-0.15, -0.1) is 0 Å². The summed E-state index contributed by atoms with van der Waals surface area (Å²) in [4.78, 5) is 13.7. The van der Waals surface area contributed by atoms with Gasteiger partial charge in [0.15, 0.2) is 0 Å². The average Bonchev–Trinajstić information content (AvgIpc) is 2.17. The van der Waals surface area contributed by atoms with Gasteiger partial charge in [0, 0.05) is 19.5 Å². The van der Waals surface area contributed by atoms with Crippen molar-refractivity contribution >= 4 is 5.91 Å². The number of hydrogen-bond acceptors (Lipinski definition) is 2. The highest BCUT2D eigenvalue weighted by molar-refractivity contribution is 5.76. The predicted octanol–water partition coefficient (Wildman–Crippen LogP) is 1.37. The number of carbonyl (C=O) groups excluding carboxylic acids is 1. The number of rotatable bonds is 3. The summed E-state index contributed by atoms with van der Waals surface area (Å²) in [6.45, 7) is 4.55. The molecule has 0 saturated carbocycles. The summed E-state index contributed by atoms with van der Waals surface area (Å²) in [6.07, 6.45) is 5.43. The summed E-state index contributed by atoms with van der Waals surface area (Å²) < 4.78 is 0. The van der Waals surface area contributed by atoms with Crippen molar-refractivity contribution in [2.75, 3.05) is 19.6 Å². The molecular formula is C11H22N2O. The molecule has 1 saturated heterocycles. The summed E-state index contributed by atoms with van der Waals surface area (Å²) >= 11 is 0. The van der Waals surface area contributed by atoms with E-state index in [0.717, 1.165) is 32.4 Å². The van der Waals surface area contributed by atoms with Gasteiger partial charge in [-0.25, -0.2) is 0 Å². The zero-order valence-electron chi connectivity index (χ0n) is 9.17. The molecule has 3 heteroatoms. The summed E-state index contributed by atoms with van der Waals surface area (Å²) in [7, 11) is 0. The maximum atomic E-state index is 11.7. The van der Waals surface area contributed by atoms with E-state index in [0.29, 0.717) is 18.4 Å². The van der Waals surface area contributed by atoms with Crippen LogP contribution in [0.5, 0.6) is 0 Å². The topological polar surface area (TPSA) is 46.3 Å². The Hall–Kier alpha value is -0.570. The van der Waals surface area contributed by atoms with Crippen molar-refractivity contribution in [2.45, 2.75) is 39.0 Å². The molecule has 3 nitrogen and oxygen atoms in total. The minimum atomic E-state index is 0.324. The molecule has 0 radical (unpaired) electrons. The molecule has 0 aromatic rings. The van der Waals surface area contributed by atoms with E-state index in [-0.39, 0.29) is 0 Å². The second-order valence-corrected chi connectivity index (χ2v) is 4.34. The molecule has 0 aromatic heterocycles. The normalized spacial score (nSPS) is 21.6. The lowest BCUT2D eigenvalue weighted by molar-refractivity contribution is -0.132. The van der Waals surface area contributed by atoms with Crippen molar-refractivity contribution in [3.8, 4) is 0 Å². The van der Waals surface area contributed by atoms with Crippen molar-refractivity contribution < 1.29 is 4.79 Å². The lowest BCUT2D eigenvalue weighted by Gasteiger charge is -2.27. The standard InChI is InChI=1S/C11H22N2O/c1-10(8-12)9-13-7-5-3-2-4-6-11(13)14/h10H,2-9,12H2,1H3. The van der Waals surface area contributed by atoms with E-state index in [1.807, 2.05) is 4.90 Å². The Morgan fingerprint density at radius 3 is 2.79 bits per heavy atom. The van der Waals surface area contributed by atoms with E-state index in [2.05, 4.69) is 6.92 Å². The van der Waals surface area contributed by atoms with Crippen molar-refractivity contribution in [2.24, 2.45) is 11.7 Å². The van der Waals surface area contributed by atoms with Gasteiger partial charge in [-0.3, -0.25) is 4.79 Å². The zero-order valence-corrected chi connectivity index (χ0v) is 9.17. The molecule has 1 aliphatic rings. The van der Waals surface area contributed by atoms with E-state index < -0.39 is 0 Å².